The maximum Gasteiger partial charge on any atom is 0.230 e. The summed E-state index contributed by atoms with van der Waals surface area (Å²) in [6.07, 6.45) is 0. The van der Waals surface area contributed by atoms with E-state index in [-0.39, 0.29) is 11.7 Å². The lowest BCUT2D eigenvalue weighted by Gasteiger charge is -2.13. The molecule has 0 aliphatic carbocycles. The smallest absolute Gasteiger partial charge is 0.230 e. The van der Waals surface area contributed by atoms with E-state index < -0.39 is 0 Å². The molecule has 0 atom stereocenters. The number of methoxy groups -OCH3 is 1. The predicted molar refractivity (Wildman–Crippen MR) is 118 cm³/mol. The fourth-order valence-corrected chi connectivity index (χ4v) is 4.86. The number of carbonyl (C=O) groups is 1. The number of rotatable bonds is 8. The zero-order valence-electron chi connectivity index (χ0n) is 15.6. The molecule has 0 fully saturated rings. The molecule has 0 aliphatic heterocycles. The van der Waals surface area contributed by atoms with Crippen LogP contribution in [0.4, 0.5) is 0 Å². The second-order valence-corrected chi connectivity index (χ2v) is 8.86. The topological polar surface area (TPSA) is 69.0 Å². The van der Waals surface area contributed by atoms with E-state index in [1.165, 1.54) is 11.8 Å². The number of thiophene rings is 2. The van der Waals surface area contributed by atoms with Gasteiger partial charge < -0.3 is 10.1 Å². The second-order valence-electron chi connectivity index (χ2n) is 5.94. The normalized spacial score (nSPS) is 10.8. The van der Waals surface area contributed by atoms with Crippen molar-refractivity contribution in [1.29, 1.82) is 0 Å². The Morgan fingerprint density at radius 1 is 1.10 bits per heavy atom. The average molecular weight is 443 g/mol. The summed E-state index contributed by atoms with van der Waals surface area (Å²) in [5.74, 6) is 1.65. The first kappa shape index (κ1) is 19.7. The molecule has 0 spiro atoms. The van der Waals surface area contributed by atoms with Gasteiger partial charge in [0.1, 0.15) is 5.75 Å². The molecule has 29 heavy (non-hydrogen) atoms. The third-order valence-electron chi connectivity index (χ3n) is 4.07. The Balaban J connectivity index is 1.57. The third kappa shape index (κ3) is 4.52. The van der Waals surface area contributed by atoms with Gasteiger partial charge in [0, 0.05) is 4.88 Å². The van der Waals surface area contributed by atoms with Crippen LogP contribution in [0.1, 0.15) is 4.88 Å². The predicted octanol–water partition coefficient (Wildman–Crippen LogP) is 4.47. The molecular weight excluding hydrogens is 424 g/mol. The van der Waals surface area contributed by atoms with Gasteiger partial charge in [0.25, 0.3) is 0 Å². The van der Waals surface area contributed by atoms with Gasteiger partial charge in [-0.1, -0.05) is 36.0 Å². The van der Waals surface area contributed by atoms with E-state index in [0.29, 0.717) is 17.5 Å². The van der Waals surface area contributed by atoms with Gasteiger partial charge in [-0.15, -0.1) is 32.9 Å². The SMILES string of the molecule is COc1ccccc1-n1c(SCC(=O)NCc2cccs2)nnc1-c1cccs1. The Kier molecular flexibility index (Phi) is 6.28. The highest BCUT2D eigenvalue weighted by Crippen LogP contribution is 2.33. The molecule has 6 nitrogen and oxygen atoms in total. The molecule has 4 rings (SSSR count). The molecule has 9 heteroatoms. The molecule has 4 aromatic rings. The number of aromatic nitrogens is 3. The third-order valence-corrected chi connectivity index (χ3v) is 6.74. The fraction of sp³-hybridized carbons (Fsp3) is 0.150. The average Bonchev–Trinajstić information content (AvgIpc) is 3.52. The minimum atomic E-state index is -0.0457. The van der Waals surface area contributed by atoms with Gasteiger partial charge in [-0.05, 0) is 35.0 Å². The number of ether oxygens (including phenoxy) is 1. The molecule has 0 unspecified atom stereocenters. The molecule has 0 saturated carbocycles. The molecule has 0 aliphatic rings. The number of hydrogen-bond acceptors (Lipinski definition) is 7. The molecule has 0 saturated heterocycles. The molecule has 0 bridgehead atoms. The maximum absolute atomic E-state index is 12.3. The van der Waals surface area contributed by atoms with E-state index in [9.17, 15) is 4.79 Å². The molecule has 0 radical (unpaired) electrons. The summed E-state index contributed by atoms with van der Waals surface area (Å²) in [4.78, 5) is 14.4. The number of thioether (sulfide) groups is 1. The maximum atomic E-state index is 12.3. The highest BCUT2D eigenvalue weighted by Gasteiger charge is 2.20. The van der Waals surface area contributed by atoms with Gasteiger partial charge in [-0.25, -0.2) is 0 Å². The minimum absolute atomic E-state index is 0.0457. The van der Waals surface area contributed by atoms with Crippen LogP contribution >= 0.6 is 34.4 Å². The van der Waals surface area contributed by atoms with Gasteiger partial charge in [0.15, 0.2) is 11.0 Å². The summed E-state index contributed by atoms with van der Waals surface area (Å²) < 4.78 is 7.49. The van der Waals surface area contributed by atoms with Crippen LogP contribution in [-0.4, -0.2) is 33.5 Å². The number of amides is 1. The van der Waals surface area contributed by atoms with Crippen LogP contribution in [-0.2, 0) is 11.3 Å². The zero-order chi connectivity index (χ0) is 20.1. The summed E-state index contributed by atoms with van der Waals surface area (Å²) in [6.45, 7) is 0.538. The van der Waals surface area contributed by atoms with Gasteiger partial charge in [0.2, 0.25) is 5.91 Å². The second kappa shape index (κ2) is 9.25. The Bertz CT molecular complexity index is 1080. The molecular formula is C20H18N4O2S3. The monoisotopic (exact) mass is 442 g/mol. The standard InChI is InChI=1S/C20H18N4O2S3/c1-26-16-8-3-2-7-15(16)24-19(17-9-5-11-28-17)22-23-20(24)29-13-18(25)21-12-14-6-4-10-27-14/h2-11H,12-13H2,1H3,(H,21,25). The van der Waals surface area contributed by atoms with E-state index in [1.54, 1.807) is 29.8 Å². The van der Waals surface area contributed by atoms with Crippen LogP contribution in [0.25, 0.3) is 16.4 Å². The lowest BCUT2D eigenvalue weighted by molar-refractivity contribution is -0.118. The summed E-state index contributed by atoms with van der Waals surface area (Å²) in [7, 11) is 1.64. The molecule has 1 aromatic carbocycles. The lowest BCUT2D eigenvalue weighted by atomic mass is 10.3. The number of benzene rings is 1. The van der Waals surface area contributed by atoms with Crippen LogP contribution in [0.15, 0.2) is 64.4 Å². The number of hydrogen-bond donors (Lipinski definition) is 1. The number of nitrogens with zero attached hydrogens (tertiary/aromatic N) is 3. The van der Waals surface area contributed by atoms with Crippen molar-refractivity contribution in [3.63, 3.8) is 0 Å². The van der Waals surface area contributed by atoms with Gasteiger partial charge in [-0.2, -0.15) is 0 Å². The van der Waals surface area contributed by atoms with Crippen molar-refractivity contribution in [3.8, 4) is 22.1 Å². The van der Waals surface area contributed by atoms with Crippen LogP contribution in [0.2, 0.25) is 0 Å². The van der Waals surface area contributed by atoms with Crippen molar-refractivity contribution in [1.82, 2.24) is 20.1 Å². The van der Waals surface area contributed by atoms with Crippen molar-refractivity contribution in [2.75, 3.05) is 12.9 Å². The fourth-order valence-electron chi connectivity index (χ4n) is 2.74. The van der Waals surface area contributed by atoms with Crippen molar-refractivity contribution in [2.24, 2.45) is 0 Å². The van der Waals surface area contributed by atoms with Crippen LogP contribution in [0.5, 0.6) is 5.75 Å². The van der Waals surface area contributed by atoms with Crippen molar-refractivity contribution in [3.05, 3.63) is 64.2 Å². The summed E-state index contributed by atoms with van der Waals surface area (Å²) >= 11 is 4.57. The number of nitrogens with one attached hydrogen (secondary N) is 1. The molecule has 1 amide bonds. The van der Waals surface area contributed by atoms with E-state index in [1.807, 2.05) is 63.9 Å². The first-order chi connectivity index (χ1) is 14.3. The quantitative estimate of drug-likeness (QED) is 0.408. The lowest BCUT2D eigenvalue weighted by Crippen LogP contribution is -2.24. The van der Waals surface area contributed by atoms with Gasteiger partial charge in [-0.3, -0.25) is 9.36 Å². The van der Waals surface area contributed by atoms with Crippen LogP contribution < -0.4 is 10.1 Å². The molecule has 3 aromatic heterocycles. The van der Waals surface area contributed by atoms with E-state index in [4.69, 9.17) is 4.74 Å². The van der Waals surface area contributed by atoms with Gasteiger partial charge in [0.05, 0.1) is 30.0 Å². The highest BCUT2D eigenvalue weighted by atomic mass is 32.2. The van der Waals surface area contributed by atoms with Crippen molar-refractivity contribution >= 4 is 40.3 Å². The molecule has 1 N–H and O–H groups in total. The first-order valence-corrected chi connectivity index (χ1v) is 11.6. The van der Waals surface area contributed by atoms with Crippen molar-refractivity contribution < 1.29 is 9.53 Å². The van der Waals surface area contributed by atoms with E-state index in [2.05, 4.69) is 15.5 Å². The molecule has 148 valence electrons. The van der Waals surface area contributed by atoms with Crippen molar-refractivity contribution in [2.45, 2.75) is 11.7 Å². The summed E-state index contributed by atoms with van der Waals surface area (Å²) in [5, 5.41) is 16.3. The summed E-state index contributed by atoms with van der Waals surface area (Å²) in [5.41, 5.74) is 0.838. The number of carbonyl (C=O) groups excluding carboxylic acids is 1. The Morgan fingerprint density at radius 3 is 2.69 bits per heavy atom. The largest absolute Gasteiger partial charge is 0.495 e. The Morgan fingerprint density at radius 2 is 1.93 bits per heavy atom. The first-order valence-electron chi connectivity index (χ1n) is 8.81. The Hall–Kier alpha value is -2.62. The van der Waals surface area contributed by atoms with E-state index in [0.717, 1.165) is 21.3 Å². The van der Waals surface area contributed by atoms with Crippen LogP contribution in [0.3, 0.4) is 0 Å². The van der Waals surface area contributed by atoms with Crippen LogP contribution in [0, 0.1) is 0 Å². The number of para-hydroxylation sites is 2. The van der Waals surface area contributed by atoms with E-state index >= 15 is 0 Å². The summed E-state index contributed by atoms with van der Waals surface area (Å²) in [6, 6.07) is 15.7. The Labute approximate surface area is 180 Å². The zero-order valence-corrected chi connectivity index (χ0v) is 18.0. The highest BCUT2D eigenvalue weighted by molar-refractivity contribution is 7.99. The minimum Gasteiger partial charge on any atom is -0.495 e. The van der Waals surface area contributed by atoms with Gasteiger partial charge >= 0.3 is 0 Å². The molecule has 3 heterocycles.